The number of alkyl halides is 3. The van der Waals surface area contributed by atoms with E-state index in [1.54, 1.807) is 4.90 Å². The quantitative estimate of drug-likeness (QED) is 0.377. The Hall–Kier alpha value is -3.14. The molecule has 1 aliphatic heterocycles. The molecule has 0 saturated carbocycles. The topological polar surface area (TPSA) is 78.5 Å². The zero-order valence-electron chi connectivity index (χ0n) is 19.8. The van der Waals surface area contributed by atoms with E-state index in [-0.39, 0.29) is 29.0 Å². The van der Waals surface area contributed by atoms with E-state index in [0.717, 1.165) is 28.8 Å². The number of likely N-dealkylation sites (tertiary alicyclic amines) is 1. The number of hydrogen-bond acceptors (Lipinski definition) is 4. The van der Waals surface area contributed by atoms with E-state index >= 15 is 4.39 Å². The van der Waals surface area contributed by atoms with Crippen LogP contribution in [0.15, 0.2) is 30.5 Å². The van der Waals surface area contributed by atoms with Crippen molar-refractivity contribution in [1.82, 2.24) is 14.9 Å². The molecule has 3 heterocycles. The van der Waals surface area contributed by atoms with E-state index in [0.29, 0.717) is 62.8 Å². The minimum atomic E-state index is -4.79. The summed E-state index contributed by atoms with van der Waals surface area (Å²) in [6, 6.07) is 4.86. The maximum Gasteiger partial charge on any atom is 0.573 e. The molecule has 2 aromatic heterocycles. The van der Waals surface area contributed by atoms with E-state index in [4.69, 9.17) is 0 Å². The predicted molar refractivity (Wildman–Crippen MR) is 124 cm³/mol. The molecule has 36 heavy (non-hydrogen) atoms. The molecule has 6 nitrogen and oxygen atoms in total. The maximum atomic E-state index is 15.2. The number of aromatic nitrogens is 2. The van der Waals surface area contributed by atoms with Crippen LogP contribution in [0.1, 0.15) is 65.7 Å². The zero-order chi connectivity index (χ0) is 25.7. The Balaban J connectivity index is 1.33. The number of carbonyl (C=O) groups is 1. The number of nitrogens with zero attached hydrogens (tertiary/aromatic N) is 2. The van der Waals surface area contributed by atoms with Gasteiger partial charge in [-0.05, 0) is 81.2 Å². The van der Waals surface area contributed by atoms with Crippen molar-refractivity contribution < 1.29 is 32.2 Å². The highest BCUT2D eigenvalue weighted by atomic mass is 19.4. The van der Waals surface area contributed by atoms with Crippen LogP contribution in [-0.4, -0.2) is 50.9 Å². The summed E-state index contributed by atoms with van der Waals surface area (Å²) in [7, 11) is 0. The first-order valence-corrected chi connectivity index (χ1v) is 12.1. The fourth-order valence-electron chi connectivity index (χ4n) is 5.43. The minimum absolute atomic E-state index is 0.106. The Morgan fingerprint density at radius 1 is 1.17 bits per heavy atom. The van der Waals surface area contributed by atoms with E-state index in [2.05, 4.69) is 14.7 Å². The first-order valence-electron chi connectivity index (χ1n) is 12.1. The summed E-state index contributed by atoms with van der Waals surface area (Å²) in [5, 5.41) is 11.3. The van der Waals surface area contributed by atoms with Gasteiger partial charge in [0.05, 0.1) is 11.8 Å². The van der Waals surface area contributed by atoms with Crippen LogP contribution in [0.3, 0.4) is 0 Å². The summed E-state index contributed by atoms with van der Waals surface area (Å²) in [5.41, 5.74) is 2.77. The second-order valence-corrected chi connectivity index (χ2v) is 9.96. The van der Waals surface area contributed by atoms with Crippen molar-refractivity contribution >= 4 is 16.9 Å². The lowest BCUT2D eigenvalue weighted by Gasteiger charge is -2.33. The van der Waals surface area contributed by atoms with Gasteiger partial charge in [0.2, 0.25) is 0 Å². The van der Waals surface area contributed by atoms with Gasteiger partial charge < -0.3 is 19.7 Å². The number of halogens is 4. The zero-order valence-corrected chi connectivity index (χ0v) is 19.8. The van der Waals surface area contributed by atoms with E-state index in [1.807, 2.05) is 6.92 Å². The van der Waals surface area contributed by atoms with E-state index in [9.17, 15) is 23.1 Å². The molecular weight excluding hydrogens is 478 g/mol. The fraction of sp³-hybridized carbons (Fsp3) is 0.462. The highest BCUT2D eigenvalue weighted by molar-refractivity contribution is 5.94. The molecule has 5 rings (SSSR count). The SMILES string of the molecule is C[C@]1(O)CCc2[nH]c3ncc(F)c(C4CCN(C(=O)c5ccc(OC(F)(F)F)cc5)CC4)c3c2CC1. The van der Waals surface area contributed by atoms with Gasteiger partial charge in [0.25, 0.3) is 5.91 Å². The minimum Gasteiger partial charge on any atom is -0.406 e. The number of carbonyl (C=O) groups excluding carboxylic acids is 1. The van der Waals surface area contributed by atoms with Gasteiger partial charge in [0.1, 0.15) is 17.2 Å². The summed E-state index contributed by atoms with van der Waals surface area (Å²) >= 11 is 0. The van der Waals surface area contributed by atoms with Crippen molar-refractivity contribution in [2.45, 2.75) is 63.3 Å². The maximum absolute atomic E-state index is 15.2. The van der Waals surface area contributed by atoms with Crippen LogP contribution in [-0.2, 0) is 12.8 Å². The first-order chi connectivity index (χ1) is 17.0. The van der Waals surface area contributed by atoms with E-state index in [1.165, 1.54) is 18.3 Å². The van der Waals surface area contributed by atoms with Crippen LogP contribution < -0.4 is 4.74 Å². The number of aryl methyl sites for hydroxylation is 2. The van der Waals surface area contributed by atoms with Crippen LogP contribution in [0.2, 0.25) is 0 Å². The van der Waals surface area contributed by atoms with Crippen molar-refractivity contribution in [2.24, 2.45) is 0 Å². The van der Waals surface area contributed by atoms with Gasteiger partial charge in [-0.15, -0.1) is 13.2 Å². The molecule has 192 valence electrons. The number of ether oxygens (including phenoxy) is 1. The van der Waals surface area contributed by atoms with Crippen LogP contribution >= 0.6 is 0 Å². The van der Waals surface area contributed by atoms with Crippen LogP contribution in [0.25, 0.3) is 11.0 Å². The molecule has 1 fully saturated rings. The Bertz CT molecular complexity index is 1280. The number of aromatic amines is 1. The van der Waals surface area contributed by atoms with Crippen LogP contribution in [0.4, 0.5) is 17.6 Å². The molecule has 0 unspecified atom stereocenters. The lowest BCUT2D eigenvalue weighted by molar-refractivity contribution is -0.274. The largest absolute Gasteiger partial charge is 0.573 e. The van der Waals surface area contributed by atoms with Crippen molar-refractivity contribution in [1.29, 1.82) is 0 Å². The lowest BCUT2D eigenvalue weighted by Crippen LogP contribution is -2.38. The molecule has 3 aromatic rings. The third kappa shape index (κ3) is 4.91. The highest BCUT2D eigenvalue weighted by Gasteiger charge is 2.33. The molecule has 2 aliphatic rings. The number of nitrogens with one attached hydrogen (secondary N) is 1. The molecule has 1 amide bonds. The van der Waals surface area contributed by atoms with Crippen molar-refractivity contribution in [2.75, 3.05) is 13.1 Å². The van der Waals surface area contributed by atoms with Gasteiger partial charge in [-0.2, -0.15) is 0 Å². The summed E-state index contributed by atoms with van der Waals surface area (Å²) < 4.78 is 56.2. The number of amides is 1. The molecule has 0 bridgehead atoms. The number of benzene rings is 1. The number of pyridine rings is 1. The summed E-state index contributed by atoms with van der Waals surface area (Å²) in [6.07, 6.45) is 0.0499. The number of aliphatic hydroxyl groups is 1. The summed E-state index contributed by atoms with van der Waals surface area (Å²) in [4.78, 5) is 22.2. The van der Waals surface area contributed by atoms with Crippen LogP contribution in [0, 0.1) is 5.82 Å². The van der Waals surface area contributed by atoms with Gasteiger partial charge in [-0.3, -0.25) is 4.79 Å². The smallest absolute Gasteiger partial charge is 0.406 e. The van der Waals surface area contributed by atoms with Gasteiger partial charge in [0, 0.05) is 35.3 Å². The first kappa shape index (κ1) is 24.5. The Morgan fingerprint density at radius 3 is 2.50 bits per heavy atom. The Morgan fingerprint density at radius 2 is 1.83 bits per heavy atom. The van der Waals surface area contributed by atoms with Crippen molar-refractivity contribution in [3.63, 3.8) is 0 Å². The molecule has 2 N–H and O–H groups in total. The van der Waals surface area contributed by atoms with Gasteiger partial charge in [0.15, 0.2) is 0 Å². The van der Waals surface area contributed by atoms with Gasteiger partial charge in [-0.1, -0.05) is 0 Å². The number of hydrogen-bond donors (Lipinski definition) is 2. The standard InChI is InChI=1S/C26H27F4N3O3/c1-25(35)10-6-18-20(7-11-25)32-23-22(18)21(19(27)14-31-23)15-8-12-33(13-9-15)24(34)16-2-4-17(5-3-16)36-26(28,29)30/h2-5,14-15,35H,6-13H2,1H3,(H,31,32)/t25-/m1/s1. The molecular formula is C26H27F4N3O3. The molecule has 1 atom stereocenters. The van der Waals surface area contributed by atoms with Crippen molar-refractivity contribution in [3.8, 4) is 5.75 Å². The number of rotatable bonds is 3. The van der Waals surface area contributed by atoms with E-state index < -0.39 is 12.0 Å². The summed E-state index contributed by atoms with van der Waals surface area (Å²) in [6.45, 7) is 2.62. The normalized spacial score (nSPS) is 21.3. The number of fused-ring (bicyclic) bond motifs is 3. The Kier molecular flexibility index (Phi) is 6.18. The average molecular weight is 506 g/mol. The molecule has 1 saturated heterocycles. The lowest BCUT2D eigenvalue weighted by atomic mass is 9.86. The van der Waals surface area contributed by atoms with Crippen molar-refractivity contribution in [3.05, 3.63) is 58.7 Å². The monoisotopic (exact) mass is 505 g/mol. The average Bonchev–Trinajstić information content (AvgIpc) is 3.10. The molecule has 0 radical (unpaired) electrons. The highest BCUT2D eigenvalue weighted by Crippen LogP contribution is 2.40. The third-order valence-corrected chi connectivity index (χ3v) is 7.36. The predicted octanol–water partition coefficient (Wildman–Crippen LogP) is 5.25. The van der Waals surface area contributed by atoms with Gasteiger partial charge >= 0.3 is 6.36 Å². The van der Waals surface area contributed by atoms with Crippen LogP contribution in [0.5, 0.6) is 5.75 Å². The Labute approximate surface area is 205 Å². The molecule has 10 heteroatoms. The number of H-pyrrole nitrogens is 1. The van der Waals surface area contributed by atoms with Gasteiger partial charge in [-0.25, -0.2) is 9.37 Å². The molecule has 0 spiro atoms. The fourth-order valence-corrected chi connectivity index (χ4v) is 5.43. The summed E-state index contributed by atoms with van der Waals surface area (Å²) in [5.74, 6) is -1.15. The second kappa shape index (κ2) is 9.06. The molecule has 1 aliphatic carbocycles. The third-order valence-electron chi connectivity index (χ3n) is 7.36. The number of piperidine rings is 1. The molecule has 1 aromatic carbocycles. The second-order valence-electron chi connectivity index (χ2n) is 9.96.